The van der Waals surface area contributed by atoms with E-state index in [4.69, 9.17) is 0 Å². The summed E-state index contributed by atoms with van der Waals surface area (Å²) in [6.45, 7) is 0.253. The van der Waals surface area contributed by atoms with Crippen LogP contribution < -0.4 is 10.2 Å². The molecular weight excluding hydrogens is 228 g/mol. The van der Waals surface area contributed by atoms with Crippen LogP contribution in [0.1, 0.15) is 25.7 Å². The predicted molar refractivity (Wildman–Crippen MR) is 72.8 cm³/mol. The molecule has 5 nitrogen and oxygen atoms in total. The van der Waals surface area contributed by atoms with Gasteiger partial charge >= 0.3 is 0 Å². The summed E-state index contributed by atoms with van der Waals surface area (Å²) in [6.07, 6.45) is 6.41. The van der Waals surface area contributed by atoms with Crippen LogP contribution in [0.3, 0.4) is 0 Å². The standard InChI is InChI=1S/C13H22N4O/c1-17(2)13-14-8-7-12(16-13)15-11-6-4-3-5-10(11)9-18/h7-8,10-11,18H,3-6,9H2,1-2H3,(H,14,15,16). The number of nitrogens with one attached hydrogen (secondary N) is 1. The fraction of sp³-hybridized carbons (Fsp3) is 0.692. The highest BCUT2D eigenvalue weighted by atomic mass is 16.3. The van der Waals surface area contributed by atoms with Crippen molar-refractivity contribution in [2.75, 3.05) is 30.9 Å². The Morgan fingerprint density at radius 2 is 2.17 bits per heavy atom. The van der Waals surface area contributed by atoms with Crippen LogP contribution in [0.2, 0.25) is 0 Å². The van der Waals surface area contributed by atoms with Gasteiger partial charge in [-0.15, -0.1) is 0 Å². The molecule has 100 valence electrons. The number of anilines is 2. The Balaban J connectivity index is 2.05. The summed E-state index contributed by atoms with van der Waals surface area (Å²) < 4.78 is 0. The molecule has 0 aliphatic heterocycles. The van der Waals surface area contributed by atoms with Crippen LogP contribution in [-0.4, -0.2) is 41.8 Å². The topological polar surface area (TPSA) is 61.3 Å². The van der Waals surface area contributed by atoms with Crippen molar-refractivity contribution >= 4 is 11.8 Å². The Kier molecular flexibility index (Phi) is 4.36. The van der Waals surface area contributed by atoms with Gasteiger partial charge < -0.3 is 15.3 Å². The summed E-state index contributed by atoms with van der Waals surface area (Å²) in [7, 11) is 3.85. The van der Waals surface area contributed by atoms with E-state index in [0.29, 0.717) is 17.9 Å². The monoisotopic (exact) mass is 250 g/mol. The van der Waals surface area contributed by atoms with Gasteiger partial charge in [-0.1, -0.05) is 12.8 Å². The van der Waals surface area contributed by atoms with Gasteiger partial charge in [0.25, 0.3) is 0 Å². The van der Waals surface area contributed by atoms with E-state index in [1.54, 1.807) is 6.20 Å². The number of aliphatic hydroxyl groups is 1. The summed E-state index contributed by atoms with van der Waals surface area (Å²) in [5.74, 6) is 1.90. The quantitative estimate of drug-likeness (QED) is 0.848. The van der Waals surface area contributed by atoms with Crippen molar-refractivity contribution in [2.45, 2.75) is 31.7 Å². The number of aromatic nitrogens is 2. The fourth-order valence-electron chi connectivity index (χ4n) is 2.45. The number of hydrogen-bond donors (Lipinski definition) is 2. The molecule has 0 amide bonds. The maximum atomic E-state index is 9.40. The molecular formula is C13H22N4O. The number of aliphatic hydroxyl groups excluding tert-OH is 1. The van der Waals surface area contributed by atoms with Gasteiger partial charge in [0.2, 0.25) is 5.95 Å². The van der Waals surface area contributed by atoms with E-state index in [-0.39, 0.29) is 6.61 Å². The third-order valence-corrected chi connectivity index (χ3v) is 3.52. The second-order valence-electron chi connectivity index (χ2n) is 5.11. The van der Waals surface area contributed by atoms with Crippen LogP contribution in [0.25, 0.3) is 0 Å². The molecule has 1 aromatic heterocycles. The average molecular weight is 250 g/mol. The van der Waals surface area contributed by atoms with Crippen LogP contribution in [0.5, 0.6) is 0 Å². The lowest BCUT2D eigenvalue weighted by molar-refractivity contribution is 0.178. The smallest absolute Gasteiger partial charge is 0.226 e. The number of rotatable bonds is 4. The summed E-state index contributed by atoms with van der Waals surface area (Å²) in [4.78, 5) is 10.5. The minimum Gasteiger partial charge on any atom is -0.396 e. The highest BCUT2D eigenvalue weighted by Crippen LogP contribution is 2.26. The molecule has 1 heterocycles. The van der Waals surface area contributed by atoms with Gasteiger partial charge in [-0.2, -0.15) is 4.98 Å². The van der Waals surface area contributed by atoms with E-state index in [0.717, 1.165) is 18.7 Å². The molecule has 1 fully saturated rings. The molecule has 0 saturated heterocycles. The molecule has 0 radical (unpaired) electrons. The first-order valence-electron chi connectivity index (χ1n) is 6.58. The van der Waals surface area contributed by atoms with Gasteiger partial charge in [0, 0.05) is 38.9 Å². The third-order valence-electron chi connectivity index (χ3n) is 3.52. The Morgan fingerprint density at radius 3 is 2.89 bits per heavy atom. The first-order chi connectivity index (χ1) is 8.70. The molecule has 0 spiro atoms. The van der Waals surface area contributed by atoms with Gasteiger partial charge in [0.1, 0.15) is 5.82 Å². The molecule has 2 atom stereocenters. The van der Waals surface area contributed by atoms with Crippen LogP contribution in [0, 0.1) is 5.92 Å². The maximum Gasteiger partial charge on any atom is 0.226 e. The van der Waals surface area contributed by atoms with Gasteiger partial charge in [0.15, 0.2) is 0 Å². The summed E-state index contributed by atoms with van der Waals surface area (Å²) in [6, 6.07) is 2.21. The zero-order valence-electron chi connectivity index (χ0n) is 11.1. The van der Waals surface area contributed by atoms with E-state index in [2.05, 4.69) is 15.3 Å². The molecule has 1 aromatic rings. The minimum absolute atomic E-state index is 0.253. The zero-order chi connectivity index (χ0) is 13.0. The van der Waals surface area contributed by atoms with Crippen molar-refractivity contribution in [1.82, 2.24) is 9.97 Å². The van der Waals surface area contributed by atoms with Crippen molar-refractivity contribution in [1.29, 1.82) is 0 Å². The van der Waals surface area contributed by atoms with Crippen molar-refractivity contribution in [3.8, 4) is 0 Å². The largest absolute Gasteiger partial charge is 0.396 e. The van der Waals surface area contributed by atoms with E-state index in [9.17, 15) is 5.11 Å². The SMILES string of the molecule is CN(C)c1nccc(NC2CCCCC2CO)n1. The van der Waals surface area contributed by atoms with Crippen molar-refractivity contribution < 1.29 is 5.11 Å². The Morgan fingerprint density at radius 1 is 1.39 bits per heavy atom. The number of nitrogens with zero attached hydrogens (tertiary/aromatic N) is 3. The number of hydrogen-bond acceptors (Lipinski definition) is 5. The molecule has 2 rings (SSSR count). The van der Waals surface area contributed by atoms with Gasteiger partial charge in [0.05, 0.1) is 0 Å². The maximum absolute atomic E-state index is 9.40. The minimum atomic E-state index is 0.253. The van der Waals surface area contributed by atoms with E-state index < -0.39 is 0 Å². The fourth-order valence-corrected chi connectivity index (χ4v) is 2.45. The molecule has 0 aromatic carbocycles. The van der Waals surface area contributed by atoms with Crippen LogP contribution in [0.4, 0.5) is 11.8 Å². The first-order valence-corrected chi connectivity index (χ1v) is 6.58. The van der Waals surface area contributed by atoms with E-state index >= 15 is 0 Å². The van der Waals surface area contributed by atoms with Crippen molar-refractivity contribution in [3.63, 3.8) is 0 Å². The van der Waals surface area contributed by atoms with Crippen molar-refractivity contribution in [2.24, 2.45) is 5.92 Å². The lowest BCUT2D eigenvalue weighted by Crippen LogP contribution is -2.34. The van der Waals surface area contributed by atoms with E-state index in [1.165, 1.54) is 12.8 Å². The lowest BCUT2D eigenvalue weighted by Gasteiger charge is -2.31. The van der Waals surface area contributed by atoms with Gasteiger partial charge in [-0.3, -0.25) is 0 Å². The highest BCUT2D eigenvalue weighted by Gasteiger charge is 2.24. The molecule has 2 unspecified atom stereocenters. The predicted octanol–water partition coefficient (Wildman–Crippen LogP) is 1.51. The third kappa shape index (κ3) is 3.10. The summed E-state index contributed by atoms with van der Waals surface area (Å²) in [5.41, 5.74) is 0. The van der Waals surface area contributed by atoms with Crippen LogP contribution >= 0.6 is 0 Å². The molecule has 5 heteroatoms. The Bertz CT molecular complexity index is 383. The van der Waals surface area contributed by atoms with Crippen molar-refractivity contribution in [3.05, 3.63) is 12.3 Å². The Labute approximate surface area is 108 Å². The molecule has 2 N–H and O–H groups in total. The molecule has 0 bridgehead atoms. The lowest BCUT2D eigenvalue weighted by atomic mass is 9.85. The normalized spacial score (nSPS) is 23.7. The summed E-state index contributed by atoms with van der Waals surface area (Å²) >= 11 is 0. The summed E-state index contributed by atoms with van der Waals surface area (Å²) in [5, 5.41) is 12.8. The molecule has 1 aliphatic carbocycles. The Hall–Kier alpha value is -1.36. The zero-order valence-corrected chi connectivity index (χ0v) is 11.1. The second-order valence-corrected chi connectivity index (χ2v) is 5.11. The highest BCUT2D eigenvalue weighted by molar-refractivity contribution is 5.41. The van der Waals surface area contributed by atoms with Crippen LogP contribution in [-0.2, 0) is 0 Å². The second kappa shape index (κ2) is 6.00. The van der Waals surface area contributed by atoms with E-state index in [1.807, 2.05) is 25.1 Å². The average Bonchev–Trinajstić information content (AvgIpc) is 2.39. The van der Waals surface area contributed by atoms with Gasteiger partial charge in [-0.25, -0.2) is 4.98 Å². The molecule has 1 aliphatic rings. The van der Waals surface area contributed by atoms with Gasteiger partial charge in [-0.05, 0) is 18.9 Å². The molecule has 1 saturated carbocycles. The molecule has 18 heavy (non-hydrogen) atoms. The van der Waals surface area contributed by atoms with Crippen LogP contribution in [0.15, 0.2) is 12.3 Å². The first kappa shape index (κ1) is 13.1.